The molecule has 0 unspecified atom stereocenters. The van der Waals surface area contributed by atoms with Gasteiger partial charge in [-0.3, -0.25) is 0 Å². The first-order chi connectivity index (χ1) is 18.6. The number of ether oxygens (including phenoxy) is 1. The van der Waals surface area contributed by atoms with Crippen LogP contribution < -0.4 is 15.4 Å². The Hall–Kier alpha value is -3.94. The summed E-state index contributed by atoms with van der Waals surface area (Å²) in [7, 11) is 0. The topological polar surface area (TPSA) is 64.0 Å². The van der Waals surface area contributed by atoms with Gasteiger partial charge in [-0.05, 0) is 78.1 Å². The number of halogens is 2. The zero-order valence-electron chi connectivity index (χ0n) is 20.7. The van der Waals surface area contributed by atoms with E-state index in [0.29, 0.717) is 16.6 Å². The molecule has 0 atom stereocenters. The molecule has 0 saturated heterocycles. The number of nitrogens with one attached hydrogen (secondary N) is 2. The van der Waals surface area contributed by atoms with Crippen molar-refractivity contribution in [2.24, 2.45) is 0 Å². The SMILES string of the molecule is Fc1cccc(COc2ccc(Nc3ncnc4ccc(-c5ccn(CCNC6CC6)c5)cc34)cc2Cl)c1. The molecule has 0 aliphatic heterocycles. The van der Waals surface area contributed by atoms with Gasteiger partial charge in [-0.1, -0.05) is 29.8 Å². The van der Waals surface area contributed by atoms with Gasteiger partial charge in [0, 0.05) is 42.6 Å². The van der Waals surface area contributed by atoms with Gasteiger partial charge in [-0.2, -0.15) is 0 Å². The largest absolute Gasteiger partial charge is 0.487 e. The maximum Gasteiger partial charge on any atom is 0.141 e. The summed E-state index contributed by atoms with van der Waals surface area (Å²) in [6.45, 7) is 2.15. The molecule has 38 heavy (non-hydrogen) atoms. The summed E-state index contributed by atoms with van der Waals surface area (Å²) in [6, 6.07) is 20.8. The highest BCUT2D eigenvalue weighted by Crippen LogP contribution is 2.32. The van der Waals surface area contributed by atoms with Crippen molar-refractivity contribution in [2.45, 2.75) is 32.0 Å². The van der Waals surface area contributed by atoms with Gasteiger partial charge < -0.3 is 19.9 Å². The smallest absolute Gasteiger partial charge is 0.141 e. The van der Waals surface area contributed by atoms with E-state index in [2.05, 4.69) is 55.8 Å². The van der Waals surface area contributed by atoms with E-state index in [9.17, 15) is 4.39 Å². The highest BCUT2D eigenvalue weighted by molar-refractivity contribution is 6.32. The number of benzene rings is 3. The van der Waals surface area contributed by atoms with E-state index in [1.807, 2.05) is 18.2 Å². The minimum absolute atomic E-state index is 0.225. The maximum atomic E-state index is 13.4. The molecule has 0 amide bonds. The zero-order valence-corrected chi connectivity index (χ0v) is 21.5. The molecule has 6 rings (SSSR count). The van der Waals surface area contributed by atoms with Crippen molar-refractivity contribution < 1.29 is 9.13 Å². The highest BCUT2D eigenvalue weighted by Gasteiger charge is 2.19. The summed E-state index contributed by atoms with van der Waals surface area (Å²) in [6.07, 6.45) is 8.44. The molecule has 1 aliphatic carbocycles. The van der Waals surface area contributed by atoms with Crippen molar-refractivity contribution in [2.75, 3.05) is 11.9 Å². The van der Waals surface area contributed by atoms with E-state index >= 15 is 0 Å². The van der Waals surface area contributed by atoms with Crippen LogP contribution in [0.3, 0.4) is 0 Å². The summed E-state index contributed by atoms with van der Waals surface area (Å²) in [4.78, 5) is 8.94. The number of hydrogen-bond donors (Lipinski definition) is 2. The molecule has 1 fully saturated rings. The molecule has 0 spiro atoms. The molecule has 1 aliphatic rings. The minimum Gasteiger partial charge on any atom is -0.487 e. The van der Waals surface area contributed by atoms with Gasteiger partial charge in [0.1, 0.15) is 30.3 Å². The standard InChI is InChI=1S/C30H27ClFN5O/c31-27-16-25(7-9-29(27)38-18-20-2-1-3-23(32)14-20)36-30-26-15-21(4-8-28(26)34-19-35-30)22-10-12-37(17-22)13-11-33-24-5-6-24/h1-4,7-10,12,14-17,19,24,33H,5-6,11,13,18H2,(H,34,35,36). The minimum atomic E-state index is -0.296. The van der Waals surface area contributed by atoms with Crippen molar-refractivity contribution in [3.63, 3.8) is 0 Å². The number of fused-ring (bicyclic) bond motifs is 1. The second-order valence-electron chi connectivity index (χ2n) is 9.51. The molecule has 192 valence electrons. The average molecular weight is 528 g/mol. The lowest BCUT2D eigenvalue weighted by atomic mass is 10.1. The molecule has 6 nitrogen and oxygen atoms in total. The second-order valence-corrected chi connectivity index (χ2v) is 9.92. The van der Waals surface area contributed by atoms with Crippen LogP contribution in [-0.2, 0) is 13.2 Å². The van der Waals surface area contributed by atoms with Gasteiger partial charge in [0.05, 0.1) is 10.5 Å². The van der Waals surface area contributed by atoms with Crippen LogP contribution in [0.4, 0.5) is 15.9 Å². The van der Waals surface area contributed by atoms with Gasteiger partial charge in [0.25, 0.3) is 0 Å². The third kappa shape index (κ3) is 5.79. The molecule has 2 N–H and O–H groups in total. The molecule has 2 aromatic heterocycles. The van der Waals surface area contributed by atoms with E-state index < -0.39 is 0 Å². The number of anilines is 2. The zero-order chi connectivity index (χ0) is 25.9. The molecule has 0 radical (unpaired) electrons. The lowest BCUT2D eigenvalue weighted by molar-refractivity contribution is 0.306. The Morgan fingerprint density at radius 3 is 2.76 bits per heavy atom. The van der Waals surface area contributed by atoms with Crippen LogP contribution in [0.15, 0.2) is 85.5 Å². The molecular weight excluding hydrogens is 501 g/mol. The first kappa shape index (κ1) is 24.4. The van der Waals surface area contributed by atoms with Gasteiger partial charge in [-0.25, -0.2) is 14.4 Å². The van der Waals surface area contributed by atoms with E-state index in [-0.39, 0.29) is 12.4 Å². The highest BCUT2D eigenvalue weighted by atomic mass is 35.5. The average Bonchev–Trinajstić information content (AvgIpc) is 3.63. The third-order valence-corrected chi connectivity index (χ3v) is 6.87. The predicted molar refractivity (Wildman–Crippen MR) is 149 cm³/mol. The Kier molecular flexibility index (Phi) is 6.94. The Morgan fingerprint density at radius 2 is 1.92 bits per heavy atom. The van der Waals surface area contributed by atoms with Gasteiger partial charge >= 0.3 is 0 Å². The number of hydrogen-bond acceptors (Lipinski definition) is 5. The van der Waals surface area contributed by atoms with Crippen LogP contribution in [0.2, 0.25) is 5.02 Å². The van der Waals surface area contributed by atoms with Gasteiger partial charge in [0.2, 0.25) is 0 Å². The van der Waals surface area contributed by atoms with E-state index in [0.717, 1.165) is 52.4 Å². The fourth-order valence-corrected chi connectivity index (χ4v) is 4.63. The first-order valence-corrected chi connectivity index (χ1v) is 13.1. The number of nitrogens with zero attached hydrogens (tertiary/aromatic N) is 3. The Morgan fingerprint density at radius 1 is 1.00 bits per heavy atom. The number of aromatic nitrogens is 3. The van der Waals surface area contributed by atoms with E-state index in [1.165, 1.54) is 25.0 Å². The lowest BCUT2D eigenvalue weighted by Gasteiger charge is -2.12. The predicted octanol–water partition coefficient (Wildman–Crippen LogP) is 6.97. The normalized spacial score (nSPS) is 13.1. The lowest BCUT2D eigenvalue weighted by Crippen LogP contribution is -2.21. The van der Waals surface area contributed by atoms with Crippen molar-refractivity contribution in [3.8, 4) is 16.9 Å². The van der Waals surface area contributed by atoms with Crippen LogP contribution in [0, 0.1) is 5.82 Å². The molecule has 5 aromatic rings. The molecule has 3 aromatic carbocycles. The summed E-state index contributed by atoms with van der Waals surface area (Å²) >= 11 is 6.50. The van der Waals surface area contributed by atoms with E-state index in [4.69, 9.17) is 16.3 Å². The maximum absolute atomic E-state index is 13.4. The van der Waals surface area contributed by atoms with Gasteiger partial charge in [-0.15, -0.1) is 0 Å². The second kappa shape index (κ2) is 10.8. The van der Waals surface area contributed by atoms with Crippen LogP contribution >= 0.6 is 11.6 Å². The quantitative estimate of drug-likeness (QED) is 0.205. The van der Waals surface area contributed by atoms with Gasteiger partial charge in [0.15, 0.2) is 0 Å². The summed E-state index contributed by atoms with van der Waals surface area (Å²) in [5.41, 5.74) is 4.60. The van der Waals surface area contributed by atoms with Crippen molar-refractivity contribution in [1.29, 1.82) is 0 Å². The van der Waals surface area contributed by atoms with Crippen molar-refractivity contribution >= 4 is 34.0 Å². The van der Waals surface area contributed by atoms with Crippen LogP contribution in [-0.4, -0.2) is 27.1 Å². The molecular formula is C30H27ClFN5O. The summed E-state index contributed by atoms with van der Waals surface area (Å²) in [5.74, 6) is 0.915. The van der Waals surface area contributed by atoms with Crippen molar-refractivity contribution in [1.82, 2.24) is 19.9 Å². The first-order valence-electron chi connectivity index (χ1n) is 12.7. The summed E-state index contributed by atoms with van der Waals surface area (Å²) in [5, 5.41) is 8.29. The Balaban J connectivity index is 1.17. The number of rotatable bonds is 10. The van der Waals surface area contributed by atoms with Crippen LogP contribution in [0.1, 0.15) is 18.4 Å². The Bertz CT molecular complexity index is 1580. The molecule has 8 heteroatoms. The fraction of sp³-hybridized carbons (Fsp3) is 0.200. The third-order valence-electron chi connectivity index (χ3n) is 6.58. The van der Waals surface area contributed by atoms with Crippen LogP contribution in [0.5, 0.6) is 5.75 Å². The van der Waals surface area contributed by atoms with E-state index in [1.54, 1.807) is 24.5 Å². The molecule has 0 bridgehead atoms. The fourth-order valence-electron chi connectivity index (χ4n) is 4.39. The van der Waals surface area contributed by atoms with Crippen molar-refractivity contribution in [3.05, 3.63) is 102 Å². The molecule has 2 heterocycles. The Labute approximate surface area is 225 Å². The summed E-state index contributed by atoms with van der Waals surface area (Å²) < 4.78 is 21.5. The van der Waals surface area contributed by atoms with Crippen LogP contribution in [0.25, 0.3) is 22.0 Å². The monoisotopic (exact) mass is 527 g/mol. The molecule has 1 saturated carbocycles.